The molecule has 0 amide bonds. The summed E-state index contributed by atoms with van der Waals surface area (Å²) in [5.74, 6) is 0. The van der Waals surface area contributed by atoms with Gasteiger partial charge in [-0.2, -0.15) is 0 Å². The molecule has 0 saturated heterocycles. The summed E-state index contributed by atoms with van der Waals surface area (Å²) in [6.07, 6.45) is 0.872. The van der Waals surface area contributed by atoms with Crippen molar-refractivity contribution in [3.63, 3.8) is 0 Å². The van der Waals surface area contributed by atoms with Crippen molar-refractivity contribution in [2.75, 3.05) is 13.2 Å². The van der Waals surface area contributed by atoms with Gasteiger partial charge < -0.3 is 5.11 Å². The van der Waals surface area contributed by atoms with Crippen LogP contribution in [0.15, 0.2) is 0 Å². The first-order valence-electron chi connectivity index (χ1n) is 2.70. The van der Waals surface area contributed by atoms with Crippen molar-refractivity contribution in [3.05, 3.63) is 0 Å². The Labute approximate surface area is 49.8 Å². The molecule has 3 nitrogen and oxygen atoms in total. The molecule has 0 aliphatic heterocycles. The molecule has 0 bridgehead atoms. The minimum absolute atomic E-state index is 0.250. The Kier molecular flexibility index (Phi) is 21.3. The second kappa shape index (κ2) is 15.8. The Morgan fingerprint density at radius 3 is 1.75 bits per heavy atom. The molecule has 52 valence electrons. The van der Waals surface area contributed by atoms with E-state index in [1.165, 1.54) is 0 Å². The number of aliphatic hydroxyl groups excluding tert-OH is 1. The summed E-state index contributed by atoms with van der Waals surface area (Å²) in [6, 6.07) is 0. The Hall–Kier alpha value is -0.120. The van der Waals surface area contributed by atoms with Crippen molar-refractivity contribution in [1.82, 2.24) is 0 Å². The maximum absolute atomic E-state index is 7.57. The molecule has 0 spiro atoms. The third kappa shape index (κ3) is 39.6. The van der Waals surface area contributed by atoms with Crippen LogP contribution in [0, 0.1) is 0 Å². The summed E-state index contributed by atoms with van der Waals surface area (Å²) in [5.41, 5.74) is 0. The average molecular weight is 122 g/mol. The molecule has 0 rings (SSSR count). The molecule has 0 saturated carbocycles. The zero-order valence-electron chi connectivity index (χ0n) is 5.42. The number of rotatable bonds is 2. The third-order valence-corrected chi connectivity index (χ3v) is 0.295. The van der Waals surface area contributed by atoms with Gasteiger partial charge in [0.15, 0.2) is 0 Å². The van der Waals surface area contributed by atoms with Crippen molar-refractivity contribution in [2.45, 2.75) is 20.3 Å². The van der Waals surface area contributed by atoms with Gasteiger partial charge in [-0.1, -0.05) is 6.92 Å². The summed E-state index contributed by atoms with van der Waals surface area (Å²) < 4.78 is 0. The van der Waals surface area contributed by atoms with Gasteiger partial charge in [0.1, 0.15) is 0 Å². The van der Waals surface area contributed by atoms with Gasteiger partial charge >= 0.3 is 0 Å². The van der Waals surface area contributed by atoms with E-state index in [2.05, 4.69) is 4.89 Å². The van der Waals surface area contributed by atoms with Crippen LogP contribution in [0.4, 0.5) is 0 Å². The van der Waals surface area contributed by atoms with Crippen molar-refractivity contribution in [3.8, 4) is 0 Å². The largest absolute Gasteiger partial charge is 0.397 e. The normalized spacial score (nSPS) is 7.50. The molecule has 0 aromatic carbocycles. The van der Waals surface area contributed by atoms with E-state index in [0.717, 1.165) is 6.42 Å². The first-order valence-corrected chi connectivity index (χ1v) is 2.70. The van der Waals surface area contributed by atoms with E-state index < -0.39 is 0 Å². The van der Waals surface area contributed by atoms with Gasteiger partial charge in [-0.25, -0.2) is 4.89 Å². The number of hydrogen-bond acceptors (Lipinski definition) is 3. The monoisotopic (exact) mass is 122 g/mol. The van der Waals surface area contributed by atoms with Gasteiger partial charge in [0.25, 0.3) is 0 Å². The molecule has 0 fully saturated rings. The maximum atomic E-state index is 7.57. The fraction of sp³-hybridized carbons (Fsp3) is 1.00. The zero-order chi connectivity index (χ0) is 6.83. The summed E-state index contributed by atoms with van der Waals surface area (Å²) >= 11 is 0. The SMILES string of the molecule is CCCOO.CCO. The smallest absolute Gasteiger partial charge is 0.0817 e. The molecule has 3 heteroatoms. The Bertz CT molecular complexity index is 21.6. The molecular weight excluding hydrogens is 108 g/mol. The lowest BCUT2D eigenvalue weighted by molar-refractivity contribution is -0.241. The van der Waals surface area contributed by atoms with Crippen LogP contribution in [0.25, 0.3) is 0 Å². The van der Waals surface area contributed by atoms with Crippen LogP contribution in [0.2, 0.25) is 0 Å². The molecule has 0 aliphatic rings. The van der Waals surface area contributed by atoms with Crippen LogP contribution < -0.4 is 0 Å². The van der Waals surface area contributed by atoms with Gasteiger partial charge in [-0.3, -0.25) is 5.26 Å². The van der Waals surface area contributed by atoms with E-state index in [1.807, 2.05) is 6.92 Å². The highest BCUT2D eigenvalue weighted by Gasteiger charge is 1.68. The highest BCUT2D eigenvalue weighted by Crippen LogP contribution is 1.70. The number of hydrogen-bond donors (Lipinski definition) is 2. The van der Waals surface area contributed by atoms with Crippen LogP contribution >= 0.6 is 0 Å². The van der Waals surface area contributed by atoms with Gasteiger partial charge in [0.2, 0.25) is 0 Å². The second-order valence-corrected chi connectivity index (χ2v) is 1.15. The lowest BCUT2D eigenvalue weighted by Crippen LogP contribution is -1.81. The van der Waals surface area contributed by atoms with Crippen LogP contribution in [-0.4, -0.2) is 23.6 Å². The van der Waals surface area contributed by atoms with E-state index in [0.29, 0.717) is 6.61 Å². The van der Waals surface area contributed by atoms with Crippen molar-refractivity contribution < 1.29 is 15.3 Å². The Morgan fingerprint density at radius 2 is 1.75 bits per heavy atom. The summed E-state index contributed by atoms with van der Waals surface area (Å²) in [4.78, 5) is 3.69. The Morgan fingerprint density at radius 1 is 1.38 bits per heavy atom. The second-order valence-electron chi connectivity index (χ2n) is 1.15. The highest BCUT2D eigenvalue weighted by molar-refractivity contribution is 4.12. The molecule has 0 heterocycles. The van der Waals surface area contributed by atoms with Crippen LogP contribution in [0.3, 0.4) is 0 Å². The van der Waals surface area contributed by atoms with Gasteiger partial charge in [0.05, 0.1) is 6.61 Å². The molecule has 8 heavy (non-hydrogen) atoms. The van der Waals surface area contributed by atoms with Crippen molar-refractivity contribution in [1.29, 1.82) is 0 Å². The van der Waals surface area contributed by atoms with Crippen LogP contribution in [-0.2, 0) is 4.89 Å². The molecule has 0 atom stereocenters. The summed E-state index contributed by atoms with van der Waals surface area (Å²) in [7, 11) is 0. The first kappa shape index (κ1) is 10.8. The summed E-state index contributed by atoms with van der Waals surface area (Å²) in [5, 5.41) is 15.1. The van der Waals surface area contributed by atoms with E-state index in [1.54, 1.807) is 6.92 Å². The number of aliphatic hydroxyl groups is 1. The molecular formula is C5H14O3. The lowest BCUT2D eigenvalue weighted by atomic mass is 10.5. The summed E-state index contributed by atoms with van der Waals surface area (Å²) in [6.45, 7) is 4.30. The predicted octanol–water partition coefficient (Wildman–Crippen LogP) is 0.885. The zero-order valence-corrected chi connectivity index (χ0v) is 5.42. The van der Waals surface area contributed by atoms with E-state index in [9.17, 15) is 0 Å². The van der Waals surface area contributed by atoms with Crippen molar-refractivity contribution in [2.24, 2.45) is 0 Å². The molecule has 0 aromatic heterocycles. The van der Waals surface area contributed by atoms with Crippen LogP contribution in [0.1, 0.15) is 20.3 Å². The predicted molar refractivity (Wildman–Crippen MR) is 31.6 cm³/mol. The van der Waals surface area contributed by atoms with Gasteiger partial charge in [-0.05, 0) is 13.3 Å². The first-order chi connectivity index (χ1) is 3.83. The molecule has 0 aromatic rings. The average Bonchev–Trinajstić information content (AvgIpc) is 1.71. The van der Waals surface area contributed by atoms with Crippen molar-refractivity contribution >= 4 is 0 Å². The molecule has 0 aliphatic carbocycles. The lowest BCUT2D eigenvalue weighted by Gasteiger charge is -1.81. The fourth-order valence-corrected chi connectivity index (χ4v) is 0.0913. The van der Waals surface area contributed by atoms with Crippen LogP contribution in [0.5, 0.6) is 0 Å². The fourth-order valence-electron chi connectivity index (χ4n) is 0.0913. The minimum atomic E-state index is 0.250. The standard InChI is InChI=1S/C3H8O2.C2H6O/c1-2-3-5-4;1-2-3/h4H,2-3H2,1H3;3H,2H2,1H3. The molecule has 0 radical (unpaired) electrons. The molecule has 2 N–H and O–H groups in total. The molecule has 0 unspecified atom stereocenters. The van der Waals surface area contributed by atoms with E-state index in [4.69, 9.17) is 10.4 Å². The highest BCUT2D eigenvalue weighted by atomic mass is 17.1. The minimum Gasteiger partial charge on any atom is -0.397 e. The van der Waals surface area contributed by atoms with E-state index in [-0.39, 0.29) is 6.61 Å². The quantitative estimate of drug-likeness (QED) is 0.422. The maximum Gasteiger partial charge on any atom is 0.0817 e. The topological polar surface area (TPSA) is 49.7 Å². The third-order valence-electron chi connectivity index (χ3n) is 0.295. The Balaban J connectivity index is 0. The van der Waals surface area contributed by atoms with Gasteiger partial charge in [0, 0.05) is 6.61 Å². The van der Waals surface area contributed by atoms with E-state index >= 15 is 0 Å². The van der Waals surface area contributed by atoms with Gasteiger partial charge in [-0.15, -0.1) is 0 Å².